The molecule has 0 amide bonds. The van der Waals surface area contributed by atoms with E-state index < -0.39 is 0 Å². The molecule has 0 bridgehead atoms. The monoisotopic (exact) mass is 179 g/mol. The van der Waals surface area contributed by atoms with Crippen molar-refractivity contribution in [3.8, 4) is 5.75 Å². The van der Waals surface area contributed by atoms with E-state index in [9.17, 15) is 5.11 Å². The average molecular weight is 179 g/mol. The van der Waals surface area contributed by atoms with Crippen LogP contribution in [0.15, 0.2) is 24.3 Å². The fourth-order valence-electron chi connectivity index (χ4n) is 1.10. The van der Waals surface area contributed by atoms with Crippen LogP contribution in [0.3, 0.4) is 0 Å². The minimum Gasteiger partial charge on any atom is -0.508 e. The van der Waals surface area contributed by atoms with Gasteiger partial charge in [-0.2, -0.15) is 0 Å². The second-order valence-electron chi connectivity index (χ2n) is 3.64. The van der Waals surface area contributed by atoms with Crippen molar-refractivity contribution in [2.75, 3.05) is 7.05 Å². The first kappa shape index (κ1) is 10.1. The van der Waals surface area contributed by atoms with Crippen LogP contribution in [-0.4, -0.2) is 23.1 Å². The van der Waals surface area contributed by atoms with Crippen LogP contribution in [0.5, 0.6) is 5.75 Å². The first-order valence-corrected chi connectivity index (χ1v) is 4.58. The van der Waals surface area contributed by atoms with Gasteiger partial charge in [0.05, 0.1) is 0 Å². The smallest absolute Gasteiger partial charge is 0.120 e. The van der Waals surface area contributed by atoms with Gasteiger partial charge in [-0.25, -0.2) is 0 Å². The number of rotatable bonds is 3. The van der Waals surface area contributed by atoms with Gasteiger partial charge in [-0.3, -0.25) is 4.90 Å². The van der Waals surface area contributed by atoms with Gasteiger partial charge in [-0.15, -0.1) is 0 Å². The molecule has 1 rings (SSSR count). The molecule has 0 aromatic heterocycles. The summed E-state index contributed by atoms with van der Waals surface area (Å²) in [5.74, 6) is 0.384. The highest BCUT2D eigenvalue weighted by atomic mass is 16.3. The van der Waals surface area contributed by atoms with Gasteiger partial charge in [0.25, 0.3) is 0 Å². The van der Waals surface area contributed by atoms with E-state index in [-0.39, 0.29) is 0 Å². The number of hydrogen-bond acceptors (Lipinski definition) is 2. The molecule has 2 heteroatoms. The van der Waals surface area contributed by atoms with Crippen LogP contribution in [0.25, 0.3) is 0 Å². The number of phenols is 1. The first-order chi connectivity index (χ1) is 6.11. The summed E-state index contributed by atoms with van der Waals surface area (Å²) in [5, 5.41) is 9.51. The van der Waals surface area contributed by atoms with Gasteiger partial charge >= 0.3 is 0 Å². The number of phenolic OH excluding ortho intramolecular Hbond substituents is 1. The molecule has 0 atom stereocenters. The zero-order chi connectivity index (χ0) is 9.84. The molecule has 0 radical (unpaired) electrons. The summed E-state index contributed by atoms with van der Waals surface area (Å²) in [4.78, 5) is 2.19. The fraction of sp³-hybridized carbons (Fsp3) is 0.455. The lowest BCUT2D eigenvalue weighted by molar-refractivity contribution is 0.262. The zero-order valence-corrected chi connectivity index (χ0v) is 8.49. The number of benzene rings is 1. The van der Waals surface area contributed by atoms with Crippen LogP contribution in [0, 0.1) is 0 Å². The summed E-state index contributed by atoms with van der Waals surface area (Å²) in [5.41, 5.74) is 0.985. The summed E-state index contributed by atoms with van der Waals surface area (Å²) in [6, 6.07) is 7.97. The van der Waals surface area contributed by atoms with Gasteiger partial charge in [0.2, 0.25) is 0 Å². The van der Waals surface area contributed by atoms with Crippen LogP contribution >= 0.6 is 0 Å². The molecule has 72 valence electrons. The van der Waals surface area contributed by atoms with Gasteiger partial charge in [-0.1, -0.05) is 18.2 Å². The molecular weight excluding hydrogens is 162 g/mol. The van der Waals surface area contributed by atoms with Crippen molar-refractivity contribution in [3.63, 3.8) is 0 Å². The molecule has 1 aromatic rings. The molecule has 0 aliphatic carbocycles. The fourth-order valence-corrected chi connectivity index (χ4v) is 1.10. The molecule has 0 aliphatic heterocycles. The Morgan fingerprint density at radius 2 is 1.92 bits per heavy atom. The summed E-state index contributed by atoms with van der Waals surface area (Å²) in [6.07, 6.45) is 0. The predicted molar refractivity (Wildman–Crippen MR) is 54.7 cm³/mol. The van der Waals surface area contributed by atoms with E-state index in [4.69, 9.17) is 0 Å². The molecule has 2 nitrogen and oxygen atoms in total. The van der Waals surface area contributed by atoms with Crippen molar-refractivity contribution in [2.45, 2.75) is 26.4 Å². The summed E-state index contributed by atoms with van der Waals surface area (Å²) < 4.78 is 0. The zero-order valence-electron chi connectivity index (χ0n) is 8.49. The SMILES string of the molecule is CC(C)N(C)Cc1ccccc1O. The van der Waals surface area contributed by atoms with E-state index in [2.05, 4.69) is 25.8 Å². The molecule has 0 heterocycles. The van der Waals surface area contributed by atoms with Crippen molar-refractivity contribution in [2.24, 2.45) is 0 Å². The lowest BCUT2D eigenvalue weighted by Crippen LogP contribution is -2.25. The molecule has 0 unspecified atom stereocenters. The number of nitrogens with zero attached hydrogens (tertiary/aromatic N) is 1. The van der Waals surface area contributed by atoms with Crippen molar-refractivity contribution in [1.29, 1.82) is 0 Å². The Balaban J connectivity index is 2.69. The van der Waals surface area contributed by atoms with Crippen LogP contribution in [0.1, 0.15) is 19.4 Å². The van der Waals surface area contributed by atoms with E-state index >= 15 is 0 Å². The van der Waals surface area contributed by atoms with Crippen LogP contribution in [0.4, 0.5) is 0 Å². The molecule has 0 saturated heterocycles. The van der Waals surface area contributed by atoms with Crippen LogP contribution in [-0.2, 0) is 6.54 Å². The molecule has 0 aliphatic rings. The molecule has 0 fully saturated rings. The second-order valence-corrected chi connectivity index (χ2v) is 3.64. The van der Waals surface area contributed by atoms with Crippen LogP contribution in [0.2, 0.25) is 0 Å². The Morgan fingerprint density at radius 3 is 2.46 bits per heavy atom. The summed E-state index contributed by atoms with van der Waals surface area (Å²) in [7, 11) is 2.05. The molecule has 13 heavy (non-hydrogen) atoms. The van der Waals surface area contributed by atoms with E-state index in [0.29, 0.717) is 11.8 Å². The minimum absolute atomic E-state index is 0.384. The highest BCUT2D eigenvalue weighted by Gasteiger charge is 2.06. The highest BCUT2D eigenvalue weighted by molar-refractivity contribution is 5.31. The lowest BCUT2D eigenvalue weighted by Gasteiger charge is -2.21. The Bertz CT molecular complexity index is 271. The Hall–Kier alpha value is -1.02. The Kier molecular flexibility index (Phi) is 3.32. The summed E-state index contributed by atoms with van der Waals surface area (Å²) in [6.45, 7) is 5.07. The summed E-state index contributed by atoms with van der Waals surface area (Å²) >= 11 is 0. The molecule has 1 aromatic carbocycles. The maximum Gasteiger partial charge on any atom is 0.120 e. The van der Waals surface area contributed by atoms with Crippen molar-refractivity contribution >= 4 is 0 Å². The maximum absolute atomic E-state index is 9.51. The second kappa shape index (κ2) is 4.28. The quantitative estimate of drug-likeness (QED) is 0.769. The Labute approximate surface area is 79.8 Å². The van der Waals surface area contributed by atoms with E-state index in [1.807, 2.05) is 18.2 Å². The largest absolute Gasteiger partial charge is 0.508 e. The number of para-hydroxylation sites is 1. The first-order valence-electron chi connectivity index (χ1n) is 4.58. The van der Waals surface area contributed by atoms with Gasteiger partial charge < -0.3 is 5.11 Å². The maximum atomic E-state index is 9.51. The number of hydrogen-bond donors (Lipinski definition) is 1. The normalized spacial score (nSPS) is 11.2. The van der Waals surface area contributed by atoms with E-state index in [0.717, 1.165) is 12.1 Å². The van der Waals surface area contributed by atoms with E-state index in [1.165, 1.54) is 0 Å². The van der Waals surface area contributed by atoms with Crippen molar-refractivity contribution < 1.29 is 5.11 Å². The predicted octanol–water partition coefficient (Wildman–Crippen LogP) is 2.23. The molecule has 1 N–H and O–H groups in total. The van der Waals surface area contributed by atoms with Crippen molar-refractivity contribution in [1.82, 2.24) is 4.90 Å². The third-order valence-corrected chi connectivity index (χ3v) is 2.29. The average Bonchev–Trinajstić information content (AvgIpc) is 2.08. The standard InChI is InChI=1S/C11H17NO/c1-9(2)12(3)8-10-6-4-5-7-11(10)13/h4-7,9,13H,8H2,1-3H3. The highest BCUT2D eigenvalue weighted by Crippen LogP contribution is 2.17. The third-order valence-electron chi connectivity index (χ3n) is 2.29. The van der Waals surface area contributed by atoms with Gasteiger partial charge in [0.15, 0.2) is 0 Å². The molecule has 0 saturated carbocycles. The van der Waals surface area contributed by atoms with Gasteiger partial charge in [0.1, 0.15) is 5.75 Å². The topological polar surface area (TPSA) is 23.5 Å². The lowest BCUT2D eigenvalue weighted by atomic mass is 10.2. The van der Waals surface area contributed by atoms with Gasteiger partial charge in [0, 0.05) is 18.2 Å². The number of aromatic hydroxyl groups is 1. The van der Waals surface area contributed by atoms with Gasteiger partial charge in [-0.05, 0) is 27.0 Å². The minimum atomic E-state index is 0.384. The van der Waals surface area contributed by atoms with Crippen LogP contribution < -0.4 is 0 Å². The molecule has 0 spiro atoms. The molecular formula is C11H17NO. The third kappa shape index (κ3) is 2.74. The Morgan fingerprint density at radius 1 is 1.31 bits per heavy atom. The van der Waals surface area contributed by atoms with Crippen molar-refractivity contribution in [3.05, 3.63) is 29.8 Å². The van der Waals surface area contributed by atoms with E-state index in [1.54, 1.807) is 6.07 Å².